The Morgan fingerprint density at radius 1 is 1.21 bits per heavy atom. The zero-order chi connectivity index (χ0) is 13.5. The van der Waals surface area contributed by atoms with Gasteiger partial charge in [0.05, 0.1) is 6.04 Å². The van der Waals surface area contributed by atoms with E-state index in [9.17, 15) is 0 Å². The van der Waals surface area contributed by atoms with Crippen molar-refractivity contribution in [2.45, 2.75) is 64.3 Å². The van der Waals surface area contributed by atoms with E-state index < -0.39 is 0 Å². The summed E-state index contributed by atoms with van der Waals surface area (Å²) in [7, 11) is 0. The van der Waals surface area contributed by atoms with E-state index in [1.54, 1.807) is 0 Å². The van der Waals surface area contributed by atoms with Gasteiger partial charge in [0.2, 0.25) is 0 Å². The summed E-state index contributed by atoms with van der Waals surface area (Å²) in [5, 5.41) is 3.70. The van der Waals surface area contributed by atoms with Crippen LogP contribution in [0.5, 0.6) is 0 Å². The summed E-state index contributed by atoms with van der Waals surface area (Å²) >= 11 is 3.43. The molecule has 1 fully saturated rings. The molecule has 3 heteroatoms. The first-order chi connectivity index (χ1) is 9.31. The third-order valence-corrected chi connectivity index (χ3v) is 4.56. The summed E-state index contributed by atoms with van der Waals surface area (Å²) in [6.45, 7) is 3.29. The Balaban J connectivity index is 2.06. The van der Waals surface area contributed by atoms with Crippen LogP contribution in [0.4, 0.5) is 0 Å². The number of hydrogen-bond donors (Lipinski definition) is 1. The molecule has 1 aliphatic rings. The standard InChI is InChI=1S/C16H26BrNO/c1-2-12-18-16(14-10-11-15(17)19-14)13-8-6-4-3-5-7-9-13/h10-11,13,16,18H,2-9,12H2,1H3. The van der Waals surface area contributed by atoms with Gasteiger partial charge in [0.15, 0.2) is 4.67 Å². The van der Waals surface area contributed by atoms with Crippen molar-refractivity contribution < 1.29 is 4.42 Å². The lowest BCUT2D eigenvalue weighted by atomic mass is 9.85. The first-order valence-corrected chi connectivity index (χ1v) is 8.59. The van der Waals surface area contributed by atoms with Crippen molar-refractivity contribution in [1.29, 1.82) is 0 Å². The minimum absolute atomic E-state index is 0.393. The molecule has 2 nitrogen and oxygen atoms in total. The van der Waals surface area contributed by atoms with Crippen molar-refractivity contribution in [3.05, 3.63) is 22.6 Å². The lowest BCUT2D eigenvalue weighted by Crippen LogP contribution is -2.29. The average Bonchev–Trinajstić information content (AvgIpc) is 2.78. The van der Waals surface area contributed by atoms with E-state index in [0.29, 0.717) is 6.04 Å². The predicted octanol–water partition coefficient (Wildman–Crippen LogP) is 5.44. The van der Waals surface area contributed by atoms with Crippen molar-refractivity contribution >= 4 is 15.9 Å². The highest BCUT2D eigenvalue weighted by Crippen LogP contribution is 2.34. The summed E-state index contributed by atoms with van der Waals surface area (Å²) in [5.41, 5.74) is 0. The Hall–Kier alpha value is -0.280. The molecule has 108 valence electrons. The Morgan fingerprint density at radius 3 is 2.47 bits per heavy atom. The Morgan fingerprint density at radius 2 is 1.89 bits per heavy atom. The average molecular weight is 328 g/mol. The van der Waals surface area contributed by atoms with Crippen molar-refractivity contribution in [2.75, 3.05) is 6.54 Å². The summed E-state index contributed by atoms with van der Waals surface area (Å²) in [6, 6.07) is 4.53. The third kappa shape index (κ3) is 4.64. The fourth-order valence-corrected chi connectivity index (χ4v) is 3.43. The minimum atomic E-state index is 0.393. The second-order valence-corrected chi connectivity index (χ2v) is 6.46. The third-order valence-electron chi connectivity index (χ3n) is 4.14. The van der Waals surface area contributed by atoms with Gasteiger partial charge >= 0.3 is 0 Å². The van der Waals surface area contributed by atoms with Crippen LogP contribution < -0.4 is 5.32 Å². The molecule has 1 aromatic rings. The Labute approximate surface area is 125 Å². The lowest BCUT2D eigenvalue weighted by molar-refractivity contribution is 0.256. The Bertz CT molecular complexity index is 355. The number of hydrogen-bond acceptors (Lipinski definition) is 2. The van der Waals surface area contributed by atoms with Crippen molar-refractivity contribution in [2.24, 2.45) is 5.92 Å². The second-order valence-electron chi connectivity index (χ2n) is 5.68. The highest BCUT2D eigenvalue weighted by atomic mass is 79.9. The minimum Gasteiger partial charge on any atom is -0.453 e. The maximum Gasteiger partial charge on any atom is 0.169 e. The van der Waals surface area contributed by atoms with E-state index in [0.717, 1.165) is 22.9 Å². The quantitative estimate of drug-likeness (QED) is 0.778. The molecule has 0 aromatic carbocycles. The van der Waals surface area contributed by atoms with Crippen molar-refractivity contribution in [3.63, 3.8) is 0 Å². The summed E-state index contributed by atoms with van der Waals surface area (Å²) in [6.07, 6.45) is 10.8. The molecular formula is C16H26BrNO. The molecule has 1 saturated carbocycles. The molecule has 1 unspecified atom stereocenters. The van der Waals surface area contributed by atoms with Gasteiger partial charge in [-0.2, -0.15) is 0 Å². The van der Waals surface area contributed by atoms with Crippen LogP contribution in [-0.4, -0.2) is 6.54 Å². The molecule has 1 aromatic heterocycles. The van der Waals surface area contributed by atoms with Gasteiger partial charge in [-0.15, -0.1) is 0 Å². The first kappa shape index (κ1) is 15.1. The van der Waals surface area contributed by atoms with E-state index in [1.165, 1.54) is 51.4 Å². The van der Waals surface area contributed by atoms with Gasteiger partial charge in [0.25, 0.3) is 0 Å². The predicted molar refractivity (Wildman–Crippen MR) is 83.3 cm³/mol. The SMILES string of the molecule is CCCNC(c1ccc(Br)o1)C1CCCCCCC1. The van der Waals surface area contributed by atoms with Crippen LogP contribution in [0.2, 0.25) is 0 Å². The zero-order valence-electron chi connectivity index (χ0n) is 12.0. The molecule has 0 spiro atoms. The number of halogens is 1. The maximum atomic E-state index is 5.82. The lowest BCUT2D eigenvalue weighted by Gasteiger charge is -2.28. The molecule has 0 saturated heterocycles. The Kier molecular flexibility index (Phi) is 6.45. The molecule has 0 radical (unpaired) electrons. The van der Waals surface area contributed by atoms with Crippen LogP contribution in [0.3, 0.4) is 0 Å². The van der Waals surface area contributed by atoms with E-state index in [4.69, 9.17) is 4.42 Å². The summed E-state index contributed by atoms with van der Waals surface area (Å²) in [4.78, 5) is 0. The molecule has 1 aliphatic carbocycles. The first-order valence-electron chi connectivity index (χ1n) is 7.80. The van der Waals surface area contributed by atoms with Gasteiger partial charge in [-0.3, -0.25) is 0 Å². The van der Waals surface area contributed by atoms with Crippen LogP contribution in [0, 0.1) is 5.92 Å². The molecule has 1 N–H and O–H groups in total. The highest BCUT2D eigenvalue weighted by Gasteiger charge is 2.25. The van der Waals surface area contributed by atoms with Crippen molar-refractivity contribution in [3.8, 4) is 0 Å². The van der Waals surface area contributed by atoms with Gasteiger partial charge in [0, 0.05) is 0 Å². The van der Waals surface area contributed by atoms with E-state index >= 15 is 0 Å². The maximum absolute atomic E-state index is 5.82. The molecule has 1 heterocycles. The molecule has 0 aliphatic heterocycles. The molecule has 19 heavy (non-hydrogen) atoms. The van der Waals surface area contributed by atoms with Crippen LogP contribution in [0.15, 0.2) is 21.2 Å². The fraction of sp³-hybridized carbons (Fsp3) is 0.750. The van der Waals surface area contributed by atoms with E-state index in [-0.39, 0.29) is 0 Å². The van der Waals surface area contributed by atoms with Gasteiger partial charge in [-0.25, -0.2) is 0 Å². The topological polar surface area (TPSA) is 25.2 Å². The molecular weight excluding hydrogens is 302 g/mol. The van der Waals surface area contributed by atoms with Crippen molar-refractivity contribution in [1.82, 2.24) is 5.32 Å². The normalized spacial score (nSPS) is 19.9. The fourth-order valence-electron chi connectivity index (χ4n) is 3.12. The second kappa shape index (κ2) is 8.11. The molecule has 1 atom stereocenters. The van der Waals surface area contributed by atoms with E-state index in [2.05, 4.69) is 34.2 Å². The van der Waals surface area contributed by atoms with Crippen LogP contribution in [-0.2, 0) is 0 Å². The molecule has 0 bridgehead atoms. The van der Waals surface area contributed by atoms with Gasteiger partial charge < -0.3 is 9.73 Å². The molecule has 2 rings (SSSR count). The smallest absolute Gasteiger partial charge is 0.169 e. The number of furan rings is 1. The summed E-state index contributed by atoms with van der Waals surface area (Å²) in [5.74, 6) is 1.83. The number of rotatable bonds is 5. The monoisotopic (exact) mass is 327 g/mol. The zero-order valence-corrected chi connectivity index (χ0v) is 13.5. The van der Waals surface area contributed by atoms with Crippen LogP contribution in [0.25, 0.3) is 0 Å². The molecule has 0 amide bonds. The number of nitrogens with one attached hydrogen (secondary N) is 1. The van der Waals surface area contributed by atoms with Gasteiger partial charge in [0.1, 0.15) is 5.76 Å². The van der Waals surface area contributed by atoms with Gasteiger partial charge in [-0.05, 0) is 59.8 Å². The van der Waals surface area contributed by atoms with E-state index in [1.807, 2.05) is 6.07 Å². The van der Waals surface area contributed by atoms with Gasteiger partial charge in [-0.1, -0.05) is 39.0 Å². The van der Waals surface area contributed by atoms with Crippen LogP contribution >= 0.6 is 15.9 Å². The largest absolute Gasteiger partial charge is 0.453 e. The van der Waals surface area contributed by atoms with Crippen LogP contribution in [0.1, 0.15) is 70.1 Å². The highest BCUT2D eigenvalue weighted by molar-refractivity contribution is 9.10. The summed E-state index contributed by atoms with van der Waals surface area (Å²) < 4.78 is 6.67.